The number of hydrogen-bond acceptors (Lipinski definition) is 0. The molecule has 76 valence electrons. The number of halogens is 1. The van der Waals surface area contributed by atoms with Crippen molar-refractivity contribution in [3.63, 3.8) is 0 Å². The molecule has 1 aliphatic rings. The van der Waals surface area contributed by atoms with Crippen LogP contribution in [0.25, 0.3) is 0 Å². The van der Waals surface area contributed by atoms with E-state index in [4.69, 9.17) is 0 Å². The molecule has 0 heterocycles. The van der Waals surface area contributed by atoms with E-state index in [2.05, 4.69) is 6.07 Å². The van der Waals surface area contributed by atoms with Gasteiger partial charge in [-0.3, -0.25) is 0 Å². The van der Waals surface area contributed by atoms with Gasteiger partial charge in [0.1, 0.15) is 5.82 Å². The molecule has 0 amide bonds. The normalized spacial score (nSPS) is 17.1. The third-order valence-electron chi connectivity index (χ3n) is 3.22. The second kappa shape index (κ2) is 3.72. The van der Waals surface area contributed by atoms with Gasteiger partial charge in [0.05, 0.1) is 0 Å². The molecular formula is C13H17F. The fraction of sp³-hybridized carbons (Fsp3) is 0.538. The first-order chi connectivity index (χ1) is 6.68. The van der Waals surface area contributed by atoms with Gasteiger partial charge in [-0.1, -0.05) is 32.4 Å². The summed E-state index contributed by atoms with van der Waals surface area (Å²) in [6, 6.07) is 5.64. The Kier molecular flexibility index (Phi) is 2.58. The minimum Gasteiger partial charge on any atom is -0.207 e. The summed E-state index contributed by atoms with van der Waals surface area (Å²) >= 11 is 0. The highest BCUT2D eigenvalue weighted by atomic mass is 19.1. The SMILES string of the molecule is CC(C)c1cc(C2CCC2)ccc1F. The van der Waals surface area contributed by atoms with Gasteiger partial charge in [-0.15, -0.1) is 0 Å². The van der Waals surface area contributed by atoms with Crippen LogP contribution in [0.4, 0.5) is 4.39 Å². The Labute approximate surface area is 85.1 Å². The Bertz CT molecular complexity index is 324. The lowest BCUT2D eigenvalue weighted by Crippen LogP contribution is -2.09. The van der Waals surface area contributed by atoms with Crippen molar-refractivity contribution in [2.75, 3.05) is 0 Å². The van der Waals surface area contributed by atoms with Gasteiger partial charge in [-0.25, -0.2) is 4.39 Å². The zero-order chi connectivity index (χ0) is 10.1. The van der Waals surface area contributed by atoms with Crippen LogP contribution in [-0.4, -0.2) is 0 Å². The van der Waals surface area contributed by atoms with Gasteiger partial charge in [0.2, 0.25) is 0 Å². The van der Waals surface area contributed by atoms with Crippen LogP contribution < -0.4 is 0 Å². The molecule has 0 N–H and O–H groups in total. The lowest BCUT2D eigenvalue weighted by atomic mass is 9.79. The molecule has 2 rings (SSSR count). The Morgan fingerprint density at radius 1 is 1.29 bits per heavy atom. The molecule has 1 aliphatic carbocycles. The smallest absolute Gasteiger partial charge is 0.126 e. The molecular weight excluding hydrogens is 175 g/mol. The van der Waals surface area contributed by atoms with Gasteiger partial charge < -0.3 is 0 Å². The maximum absolute atomic E-state index is 13.4. The Balaban J connectivity index is 2.30. The van der Waals surface area contributed by atoms with Crippen LogP contribution in [0.1, 0.15) is 56.1 Å². The predicted molar refractivity (Wildman–Crippen MR) is 57.1 cm³/mol. The predicted octanol–water partition coefficient (Wildman–Crippen LogP) is 4.22. The van der Waals surface area contributed by atoms with E-state index in [9.17, 15) is 4.39 Å². The average Bonchev–Trinajstić information content (AvgIpc) is 2.04. The zero-order valence-corrected chi connectivity index (χ0v) is 8.89. The number of rotatable bonds is 2. The number of benzene rings is 1. The molecule has 14 heavy (non-hydrogen) atoms. The van der Waals surface area contributed by atoms with Crippen molar-refractivity contribution in [1.82, 2.24) is 0 Å². The van der Waals surface area contributed by atoms with Crippen LogP contribution >= 0.6 is 0 Å². The second-order valence-corrected chi connectivity index (χ2v) is 4.56. The third-order valence-corrected chi connectivity index (χ3v) is 3.22. The summed E-state index contributed by atoms with van der Waals surface area (Å²) in [4.78, 5) is 0. The molecule has 0 radical (unpaired) electrons. The van der Waals surface area contributed by atoms with E-state index < -0.39 is 0 Å². The van der Waals surface area contributed by atoms with Gasteiger partial charge in [-0.05, 0) is 41.9 Å². The molecule has 0 bridgehead atoms. The molecule has 0 spiro atoms. The fourth-order valence-electron chi connectivity index (χ4n) is 2.00. The van der Waals surface area contributed by atoms with E-state index >= 15 is 0 Å². The van der Waals surface area contributed by atoms with E-state index in [0.717, 1.165) is 5.56 Å². The summed E-state index contributed by atoms with van der Waals surface area (Å²) in [5.74, 6) is 0.936. The molecule has 0 nitrogen and oxygen atoms in total. The van der Waals surface area contributed by atoms with Crippen molar-refractivity contribution in [2.45, 2.75) is 44.9 Å². The highest BCUT2D eigenvalue weighted by Crippen LogP contribution is 2.37. The van der Waals surface area contributed by atoms with Crippen LogP contribution in [0.15, 0.2) is 18.2 Å². The summed E-state index contributed by atoms with van der Waals surface area (Å²) in [5.41, 5.74) is 2.20. The summed E-state index contributed by atoms with van der Waals surface area (Å²) in [6.45, 7) is 4.09. The molecule has 1 heteroatoms. The van der Waals surface area contributed by atoms with E-state index in [1.807, 2.05) is 19.9 Å². The van der Waals surface area contributed by atoms with Crippen molar-refractivity contribution in [3.05, 3.63) is 35.1 Å². The second-order valence-electron chi connectivity index (χ2n) is 4.56. The van der Waals surface area contributed by atoms with Crippen molar-refractivity contribution in [3.8, 4) is 0 Å². The fourth-order valence-corrected chi connectivity index (χ4v) is 2.00. The van der Waals surface area contributed by atoms with Crippen LogP contribution in [-0.2, 0) is 0 Å². The van der Waals surface area contributed by atoms with Crippen molar-refractivity contribution < 1.29 is 4.39 Å². The maximum Gasteiger partial charge on any atom is 0.126 e. The largest absolute Gasteiger partial charge is 0.207 e. The quantitative estimate of drug-likeness (QED) is 0.658. The van der Waals surface area contributed by atoms with Gasteiger partial charge in [0, 0.05) is 0 Å². The molecule has 0 atom stereocenters. The van der Waals surface area contributed by atoms with E-state index in [1.54, 1.807) is 6.07 Å². The first kappa shape index (κ1) is 9.70. The van der Waals surface area contributed by atoms with Crippen LogP contribution in [0.3, 0.4) is 0 Å². The summed E-state index contributed by atoms with van der Waals surface area (Å²) in [7, 11) is 0. The van der Waals surface area contributed by atoms with E-state index in [0.29, 0.717) is 5.92 Å². The first-order valence-electron chi connectivity index (χ1n) is 5.48. The Morgan fingerprint density at radius 3 is 2.50 bits per heavy atom. The molecule has 1 fully saturated rings. The van der Waals surface area contributed by atoms with Crippen molar-refractivity contribution >= 4 is 0 Å². The maximum atomic E-state index is 13.4. The van der Waals surface area contributed by atoms with E-state index in [1.165, 1.54) is 24.8 Å². The third kappa shape index (κ3) is 1.68. The van der Waals surface area contributed by atoms with Gasteiger partial charge >= 0.3 is 0 Å². The zero-order valence-electron chi connectivity index (χ0n) is 8.89. The highest BCUT2D eigenvalue weighted by molar-refractivity contribution is 5.30. The van der Waals surface area contributed by atoms with Gasteiger partial charge in [0.25, 0.3) is 0 Å². The summed E-state index contributed by atoms with van der Waals surface area (Å²) in [6.07, 6.45) is 3.89. The first-order valence-corrected chi connectivity index (χ1v) is 5.48. The molecule has 0 saturated heterocycles. The molecule has 0 aromatic heterocycles. The Hall–Kier alpha value is -0.850. The molecule has 0 aliphatic heterocycles. The van der Waals surface area contributed by atoms with Crippen molar-refractivity contribution in [2.24, 2.45) is 0 Å². The lowest BCUT2D eigenvalue weighted by molar-refractivity contribution is 0.418. The Morgan fingerprint density at radius 2 is 2.00 bits per heavy atom. The minimum absolute atomic E-state index is 0.0527. The standard InChI is InChI=1S/C13H17F/c1-9(2)12-8-11(6-7-13(12)14)10-4-3-5-10/h6-10H,3-5H2,1-2H3. The molecule has 1 aromatic carbocycles. The van der Waals surface area contributed by atoms with E-state index in [-0.39, 0.29) is 11.7 Å². The van der Waals surface area contributed by atoms with Crippen LogP contribution in [0, 0.1) is 5.82 Å². The average molecular weight is 192 g/mol. The minimum atomic E-state index is -0.0527. The van der Waals surface area contributed by atoms with Crippen LogP contribution in [0.5, 0.6) is 0 Å². The highest BCUT2D eigenvalue weighted by Gasteiger charge is 2.20. The molecule has 0 unspecified atom stereocenters. The molecule has 1 aromatic rings. The number of hydrogen-bond donors (Lipinski definition) is 0. The summed E-state index contributed by atoms with van der Waals surface area (Å²) in [5, 5.41) is 0. The monoisotopic (exact) mass is 192 g/mol. The van der Waals surface area contributed by atoms with Crippen molar-refractivity contribution in [1.29, 1.82) is 0 Å². The topological polar surface area (TPSA) is 0 Å². The summed E-state index contributed by atoms with van der Waals surface area (Å²) < 4.78 is 13.4. The van der Waals surface area contributed by atoms with Crippen LogP contribution in [0.2, 0.25) is 0 Å². The van der Waals surface area contributed by atoms with Gasteiger partial charge in [0.15, 0.2) is 0 Å². The molecule has 1 saturated carbocycles. The lowest BCUT2D eigenvalue weighted by Gasteiger charge is -2.26. The van der Waals surface area contributed by atoms with Gasteiger partial charge in [-0.2, -0.15) is 0 Å².